The van der Waals surface area contributed by atoms with E-state index < -0.39 is 0 Å². The first-order valence-corrected chi connectivity index (χ1v) is 6.44. The van der Waals surface area contributed by atoms with Crippen LogP contribution in [-0.2, 0) is 4.74 Å². The average molecular weight is 253 g/mol. The predicted octanol–water partition coefficient (Wildman–Crippen LogP) is 3.80. The van der Waals surface area contributed by atoms with E-state index in [1.165, 1.54) is 11.1 Å². The van der Waals surface area contributed by atoms with Gasteiger partial charge in [0.05, 0.1) is 12.6 Å². The van der Waals surface area contributed by atoms with Crippen molar-refractivity contribution in [2.45, 2.75) is 13.0 Å². The molecule has 2 heteroatoms. The van der Waals surface area contributed by atoms with Crippen LogP contribution in [0, 0.1) is 6.92 Å². The standard InChI is InChI=1S/C17H19NO/c1-14-8-6-7-11-16(14)12-18-17(13-19-2)15-9-4-3-5-10-15/h3-12,17H,13H2,1-2H3/t17-/m1/s1. The van der Waals surface area contributed by atoms with Crippen LogP contribution in [0.1, 0.15) is 22.7 Å². The topological polar surface area (TPSA) is 21.6 Å². The van der Waals surface area contributed by atoms with Crippen molar-refractivity contribution in [1.82, 2.24) is 0 Å². The number of aliphatic imine (C=N–C) groups is 1. The summed E-state index contributed by atoms with van der Waals surface area (Å²) in [6, 6.07) is 18.5. The molecule has 2 aromatic carbocycles. The molecule has 0 spiro atoms. The van der Waals surface area contributed by atoms with Gasteiger partial charge in [-0.3, -0.25) is 4.99 Å². The molecule has 0 saturated heterocycles. The maximum Gasteiger partial charge on any atom is 0.0982 e. The average Bonchev–Trinajstić information content (AvgIpc) is 2.46. The molecule has 0 aliphatic rings. The van der Waals surface area contributed by atoms with Crippen molar-refractivity contribution in [2.75, 3.05) is 13.7 Å². The van der Waals surface area contributed by atoms with Gasteiger partial charge in [0, 0.05) is 13.3 Å². The van der Waals surface area contributed by atoms with Crippen LogP contribution in [0.2, 0.25) is 0 Å². The molecule has 2 rings (SSSR count). The molecule has 0 fully saturated rings. The Morgan fingerprint density at radius 1 is 1.05 bits per heavy atom. The summed E-state index contributed by atoms with van der Waals surface area (Å²) in [6.07, 6.45) is 1.94. The molecule has 1 atom stereocenters. The second kappa shape index (κ2) is 6.86. The highest BCUT2D eigenvalue weighted by Crippen LogP contribution is 2.17. The van der Waals surface area contributed by atoms with E-state index in [0.29, 0.717) is 6.61 Å². The molecule has 0 aliphatic carbocycles. The van der Waals surface area contributed by atoms with Crippen LogP contribution in [0.5, 0.6) is 0 Å². The minimum Gasteiger partial charge on any atom is -0.382 e. The third-order valence-electron chi connectivity index (χ3n) is 3.09. The largest absolute Gasteiger partial charge is 0.382 e. The molecule has 2 aromatic rings. The zero-order valence-corrected chi connectivity index (χ0v) is 11.4. The number of hydrogen-bond acceptors (Lipinski definition) is 2. The molecular formula is C17H19NO. The van der Waals surface area contributed by atoms with E-state index in [4.69, 9.17) is 4.74 Å². The zero-order valence-electron chi connectivity index (χ0n) is 11.4. The highest BCUT2D eigenvalue weighted by molar-refractivity contribution is 5.81. The van der Waals surface area contributed by atoms with Gasteiger partial charge in [-0.25, -0.2) is 0 Å². The Bertz CT molecular complexity index is 534. The summed E-state index contributed by atoms with van der Waals surface area (Å²) >= 11 is 0. The summed E-state index contributed by atoms with van der Waals surface area (Å²) in [6.45, 7) is 2.68. The first kappa shape index (κ1) is 13.5. The fourth-order valence-corrected chi connectivity index (χ4v) is 1.96. The summed E-state index contributed by atoms with van der Waals surface area (Å²) in [4.78, 5) is 4.66. The zero-order chi connectivity index (χ0) is 13.5. The van der Waals surface area contributed by atoms with E-state index in [2.05, 4.69) is 36.2 Å². The molecule has 0 unspecified atom stereocenters. The quantitative estimate of drug-likeness (QED) is 0.743. The first-order valence-electron chi connectivity index (χ1n) is 6.44. The molecule has 0 N–H and O–H groups in total. The van der Waals surface area contributed by atoms with Gasteiger partial charge >= 0.3 is 0 Å². The SMILES string of the molecule is COC[C@@H](N=Cc1ccccc1C)c1ccccc1. The Kier molecular flexibility index (Phi) is 4.87. The molecule has 0 heterocycles. The van der Waals surface area contributed by atoms with Crippen molar-refractivity contribution < 1.29 is 4.74 Å². The van der Waals surface area contributed by atoms with E-state index in [1.807, 2.05) is 36.5 Å². The van der Waals surface area contributed by atoms with Gasteiger partial charge in [-0.1, -0.05) is 54.6 Å². The van der Waals surface area contributed by atoms with Gasteiger partial charge in [0.2, 0.25) is 0 Å². The molecule has 0 radical (unpaired) electrons. The van der Waals surface area contributed by atoms with E-state index >= 15 is 0 Å². The fourth-order valence-electron chi connectivity index (χ4n) is 1.96. The number of rotatable bonds is 5. The van der Waals surface area contributed by atoms with Gasteiger partial charge < -0.3 is 4.74 Å². The van der Waals surface area contributed by atoms with Crippen LogP contribution < -0.4 is 0 Å². The van der Waals surface area contributed by atoms with Crippen molar-refractivity contribution in [3.8, 4) is 0 Å². The van der Waals surface area contributed by atoms with Crippen molar-refractivity contribution in [3.05, 3.63) is 71.3 Å². The number of methoxy groups -OCH3 is 1. The Hall–Kier alpha value is -1.93. The van der Waals surface area contributed by atoms with Crippen molar-refractivity contribution in [3.63, 3.8) is 0 Å². The van der Waals surface area contributed by atoms with Gasteiger partial charge in [0.25, 0.3) is 0 Å². The van der Waals surface area contributed by atoms with Gasteiger partial charge in [-0.2, -0.15) is 0 Å². The van der Waals surface area contributed by atoms with Crippen molar-refractivity contribution in [1.29, 1.82) is 0 Å². The first-order chi connectivity index (χ1) is 9.31. The van der Waals surface area contributed by atoms with E-state index in [1.54, 1.807) is 7.11 Å². The lowest BCUT2D eigenvalue weighted by Crippen LogP contribution is -2.04. The molecule has 0 saturated carbocycles. The fraction of sp³-hybridized carbons (Fsp3) is 0.235. The normalized spacial score (nSPS) is 12.7. The second-order valence-electron chi connectivity index (χ2n) is 4.52. The Balaban J connectivity index is 2.20. The Morgan fingerprint density at radius 3 is 2.42 bits per heavy atom. The van der Waals surface area contributed by atoms with Gasteiger partial charge in [-0.15, -0.1) is 0 Å². The third-order valence-corrected chi connectivity index (χ3v) is 3.09. The van der Waals surface area contributed by atoms with Crippen molar-refractivity contribution >= 4 is 6.21 Å². The lowest BCUT2D eigenvalue weighted by Gasteiger charge is -2.11. The van der Waals surface area contributed by atoms with Crippen LogP contribution in [0.3, 0.4) is 0 Å². The molecule has 19 heavy (non-hydrogen) atoms. The summed E-state index contributed by atoms with van der Waals surface area (Å²) in [5.41, 5.74) is 3.56. The minimum atomic E-state index is 0.0470. The van der Waals surface area contributed by atoms with Crippen LogP contribution in [0.4, 0.5) is 0 Å². The van der Waals surface area contributed by atoms with Crippen molar-refractivity contribution in [2.24, 2.45) is 4.99 Å². The summed E-state index contributed by atoms with van der Waals surface area (Å²) in [7, 11) is 1.71. The lowest BCUT2D eigenvalue weighted by molar-refractivity contribution is 0.182. The van der Waals surface area contributed by atoms with Crippen LogP contribution in [0.25, 0.3) is 0 Å². The highest BCUT2D eigenvalue weighted by atomic mass is 16.5. The van der Waals surface area contributed by atoms with Crippen LogP contribution >= 0.6 is 0 Å². The number of hydrogen-bond donors (Lipinski definition) is 0. The molecule has 0 aromatic heterocycles. The highest BCUT2D eigenvalue weighted by Gasteiger charge is 2.08. The maximum atomic E-state index is 5.26. The molecule has 0 amide bonds. The molecule has 0 aliphatic heterocycles. The monoisotopic (exact) mass is 253 g/mol. The summed E-state index contributed by atoms with van der Waals surface area (Å²) < 4.78 is 5.26. The maximum absolute atomic E-state index is 5.26. The number of nitrogens with zero attached hydrogens (tertiary/aromatic N) is 1. The number of benzene rings is 2. The third kappa shape index (κ3) is 3.76. The summed E-state index contributed by atoms with van der Waals surface area (Å²) in [5, 5.41) is 0. The summed E-state index contributed by atoms with van der Waals surface area (Å²) in [5.74, 6) is 0. The van der Waals surface area contributed by atoms with Gasteiger partial charge in [0.1, 0.15) is 0 Å². The van der Waals surface area contributed by atoms with Gasteiger partial charge in [0.15, 0.2) is 0 Å². The predicted molar refractivity (Wildman–Crippen MR) is 79.8 cm³/mol. The smallest absolute Gasteiger partial charge is 0.0982 e. The number of aryl methyl sites for hydroxylation is 1. The minimum absolute atomic E-state index is 0.0470. The van der Waals surface area contributed by atoms with E-state index in [0.717, 1.165) is 5.56 Å². The van der Waals surface area contributed by atoms with Crippen LogP contribution in [0.15, 0.2) is 59.6 Å². The van der Waals surface area contributed by atoms with E-state index in [9.17, 15) is 0 Å². The lowest BCUT2D eigenvalue weighted by atomic mass is 10.1. The van der Waals surface area contributed by atoms with E-state index in [-0.39, 0.29) is 6.04 Å². The Morgan fingerprint density at radius 2 is 1.74 bits per heavy atom. The molecule has 0 bridgehead atoms. The van der Waals surface area contributed by atoms with Crippen LogP contribution in [-0.4, -0.2) is 19.9 Å². The molecule has 98 valence electrons. The second-order valence-corrected chi connectivity index (χ2v) is 4.52. The Labute approximate surface area is 114 Å². The molecule has 2 nitrogen and oxygen atoms in total. The van der Waals surface area contributed by atoms with Gasteiger partial charge in [-0.05, 0) is 23.6 Å². The molecular weight excluding hydrogens is 234 g/mol. The number of ether oxygens (including phenoxy) is 1.